The first-order valence-electron chi connectivity index (χ1n) is 8.65. The average Bonchev–Trinajstić information content (AvgIpc) is 3.03. The van der Waals surface area contributed by atoms with E-state index in [2.05, 4.69) is 26.2 Å². The molecular formula is C18H21BrN4O3. The van der Waals surface area contributed by atoms with Crippen LogP contribution in [0.2, 0.25) is 0 Å². The third kappa shape index (κ3) is 3.80. The lowest BCUT2D eigenvalue weighted by Gasteiger charge is -2.31. The van der Waals surface area contributed by atoms with Gasteiger partial charge in [0.1, 0.15) is 0 Å². The molecule has 1 aromatic heterocycles. The maximum absolute atomic E-state index is 12.9. The Morgan fingerprint density at radius 1 is 1.38 bits per heavy atom. The minimum Gasteiger partial charge on any atom is -0.466 e. The van der Waals surface area contributed by atoms with Crippen LogP contribution in [0.1, 0.15) is 35.9 Å². The summed E-state index contributed by atoms with van der Waals surface area (Å²) < 4.78 is 7.66. The second-order valence-corrected chi connectivity index (χ2v) is 7.17. The molecule has 0 saturated carbocycles. The van der Waals surface area contributed by atoms with Crippen LogP contribution >= 0.6 is 15.9 Å². The molecule has 8 heteroatoms. The molecule has 138 valence electrons. The zero-order valence-electron chi connectivity index (χ0n) is 14.8. The van der Waals surface area contributed by atoms with Gasteiger partial charge in [-0.2, -0.15) is 0 Å². The van der Waals surface area contributed by atoms with Crippen molar-refractivity contribution in [2.24, 2.45) is 5.92 Å². The smallest absolute Gasteiger partial charge is 0.310 e. The van der Waals surface area contributed by atoms with Gasteiger partial charge in [0, 0.05) is 17.6 Å². The largest absolute Gasteiger partial charge is 0.466 e. The fraction of sp³-hybridized carbons (Fsp3) is 0.444. The Morgan fingerprint density at radius 2 is 2.19 bits per heavy atom. The lowest BCUT2D eigenvalue weighted by atomic mass is 9.98. The summed E-state index contributed by atoms with van der Waals surface area (Å²) in [5, 5.41) is 8.23. The van der Waals surface area contributed by atoms with Crippen LogP contribution in [-0.2, 0) is 9.53 Å². The molecule has 1 aliphatic heterocycles. The van der Waals surface area contributed by atoms with Gasteiger partial charge in [0.05, 0.1) is 23.9 Å². The van der Waals surface area contributed by atoms with E-state index in [0.717, 1.165) is 23.0 Å². The van der Waals surface area contributed by atoms with Gasteiger partial charge >= 0.3 is 5.97 Å². The molecule has 0 N–H and O–H groups in total. The minimum absolute atomic E-state index is 0.197. The number of carbonyl (C=O) groups excluding carboxylic acids is 2. The zero-order chi connectivity index (χ0) is 18.7. The topological polar surface area (TPSA) is 77.3 Å². The molecule has 7 nitrogen and oxygen atoms in total. The van der Waals surface area contributed by atoms with Crippen LogP contribution < -0.4 is 0 Å². The van der Waals surface area contributed by atoms with Crippen molar-refractivity contribution in [1.82, 2.24) is 19.9 Å². The van der Waals surface area contributed by atoms with E-state index >= 15 is 0 Å². The van der Waals surface area contributed by atoms with Crippen molar-refractivity contribution >= 4 is 27.8 Å². The van der Waals surface area contributed by atoms with Crippen molar-refractivity contribution < 1.29 is 14.3 Å². The van der Waals surface area contributed by atoms with Crippen molar-refractivity contribution in [2.45, 2.75) is 26.7 Å². The van der Waals surface area contributed by atoms with Crippen molar-refractivity contribution in [3.8, 4) is 5.69 Å². The molecule has 1 saturated heterocycles. The van der Waals surface area contributed by atoms with E-state index in [1.807, 2.05) is 31.2 Å². The molecule has 1 aromatic carbocycles. The summed E-state index contributed by atoms with van der Waals surface area (Å²) in [5.41, 5.74) is 1.81. The van der Waals surface area contributed by atoms with E-state index in [9.17, 15) is 9.59 Å². The molecule has 2 aromatic rings. The molecule has 0 radical (unpaired) electrons. The summed E-state index contributed by atoms with van der Waals surface area (Å²) in [6, 6.07) is 7.63. The van der Waals surface area contributed by atoms with Crippen LogP contribution in [0.25, 0.3) is 5.69 Å². The number of amides is 1. The standard InChI is InChI=1S/C18H21BrN4O3/c1-3-26-18(25)13-6-5-9-22(11-13)17(24)16-12(2)23(21-20-16)15-8-4-7-14(19)10-15/h4,7-8,10,13H,3,5-6,9,11H2,1-2H3. The van der Waals surface area contributed by atoms with E-state index in [1.54, 1.807) is 16.5 Å². The highest BCUT2D eigenvalue weighted by Gasteiger charge is 2.31. The van der Waals surface area contributed by atoms with Crippen LogP contribution in [-0.4, -0.2) is 51.5 Å². The monoisotopic (exact) mass is 420 g/mol. The Kier molecular flexibility index (Phi) is 5.70. The highest BCUT2D eigenvalue weighted by molar-refractivity contribution is 9.10. The summed E-state index contributed by atoms with van der Waals surface area (Å²) in [7, 11) is 0. The number of ether oxygens (including phenoxy) is 1. The minimum atomic E-state index is -0.270. The molecule has 0 aliphatic carbocycles. The maximum Gasteiger partial charge on any atom is 0.310 e. The fourth-order valence-electron chi connectivity index (χ4n) is 3.14. The van der Waals surface area contributed by atoms with Crippen LogP contribution in [0.15, 0.2) is 28.7 Å². The number of esters is 1. The van der Waals surface area contributed by atoms with Gasteiger partial charge in [0.25, 0.3) is 5.91 Å². The molecule has 26 heavy (non-hydrogen) atoms. The van der Waals surface area contributed by atoms with Gasteiger partial charge in [-0.15, -0.1) is 5.10 Å². The molecule has 1 amide bonds. The van der Waals surface area contributed by atoms with Gasteiger partial charge in [0.15, 0.2) is 5.69 Å². The number of benzene rings is 1. The average molecular weight is 421 g/mol. The number of piperidine rings is 1. The Hall–Kier alpha value is -2.22. The number of hydrogen-bond donors (Lipinski definition) is 0. The van der Waals surface area contributed by atoms with E-state index in [1.165, 1.54) is 0 Å². The molecule has 0 spiro atoms. The molecule has 1 fully saturated rings. The first-order valence-corrected chi connectivity index (χ1v) is 9.44. The highest BCUT2D eigenvalue weighted by atomic mass is 79.9. The second-order valence-electron chi connectivity index (χ2n) is 6.26. The molecule has 2 heterocycles. The summed E-state index contributed by atoms with van der Waals surface area (Å²) in [6.45, 7) is 4.93. The number of likely N-dealkylation sites (tertiary alicyclic amines) is 1. The van der Waals surface area contributed by atoms with E-state index in [4.69, 9.17) is 4.74 Å². The second kappa shape index (κ2) is 7.99. The lowest BCUT2D eigenvalue weighted by Crippen LogP contribution is -2.43. The van der Waals surface area contributed by atoms with Crippen molar-refractivity contribution in [3.05, 3.63) is 40.1 Å². The summed E-state index contributed by atoms with van der Waals surface area (Å²) in [6.07, 6.45) is 1.51. The first-order chi connectivity index (χ1) is 12.5. The van der Waals surface area contributed by atoms with Gasteiger partial charge in [-0.05, 0) is 44.9 Å². The Labute approximate surface area is 160 Å². The molecule has 0 bridgehead atoms. The van der Waals surface area contributed by atoms with Crippen molar-refractivity contribution in [3.63, 3.8) is 0 Å². The maximum atomic E-state index is 12.9. The zero-order valence-corrected chi connectivity index (χ0v) is 16.4. The molecule has 1 unspecified atom stereocenters. The van der Waals surface area contributed by atoms with Crippen LogP contribution in [0.3, 0.4) is 0 Å². The van der Waals surface area contributed by atoms with Gasteiger partial charge in [-0.25, -0.2) is 4.68 Å². The SMILES string of the molecule is CCOC(=O)C1CCCN(C(=O)c2nnn(-c3cccc(Br)c3)c2C)C1. The number of carbonyl (C=O) groups is 2. The predicted octanol–water partition coefficient (Wildman–Crippen LogP) is 2.75. The van der Waals surface area contributed by atoms with Gasteiger partial charge in [0.2, 0.25) is 0 Å². The lowest BCUT2D eigenvalue weighted by molar-refractivity contribution is -0.149. The Morgan fingerprint density at radius 3 is 2.92 bits per heavy atom. The Balaban J connectivity index is 1.79. The van der Waals surface area contributed by atoms with Crippen LogP contribution in [0, 0.1) is 12.8 Å². The number of rotatable bonds is 4. The van der Waals surface area contributed by atoms with Crippen molar-refractivity contribution in [1.29, 1.82) is 0 Å². The van der Waals surface area contributed by atoms with Gasteiger partial charge in [-0.1, -0.05) is 27.2 Å². The number of halogens is 1. The molecular weight excluding hydrogens is 400 g/mol. The Bertz CT molecular complexity index is 821. The third-order valence-corrected chi connectivity index (χ3v) is 4.97. The quantitative estimate of drug-likeness (QED) is 0.710. The highest BCUT2D eigenvalue weighted by Crippen LogP contribution is 2.22. The van der Waals surface area contributed by atoms with E-state index in [0.29, 0.717) is 31.1 Å². The van der Waals surface area contributed by atoms with Gasteiger partial charge in [-0.3, -0.25) is 9.59 Å². The predicted molar refractivity (Wildman–Crippen MR) is 99.1 cm³/mol. The first kappa shape index (κ1) is 18.6. The van der Waals surface area contributed by atoms with Crippen LogP contribution in [0.4, 0.5) is 0 Å². The normalized spacial score (nSPS) is 17.2. The summed E-state index contributed by atoms with van der Waals surface area (Å²) in [4.78, 5) is 26.6. The number of aromatic nitrogens is 3. The summed E-state index contributed by atoms with van der Waals surface area (Å²) in [5.74, 6) is -0.703. The number of hydrogen-bond acceptors (Lipinski definition) is 5. The number of nitrogens with zero attached hydrogens (tertiary/aromatic N) is 4. The van der Waals surface area contributed by atoms with E-state index < -0.39 is 0 Å². The van der Waals surface area contributed by atoms with Crippen LogP contribution in [0.5, 0.6) is 0 Å². The van der Waals surface area contributed by atoms with Gasteiger partial charge < -0.3 is 9.64 Å². The van der Waals surface area contributed by atoms with Crippen molar-refractivity contribution in [2.75, 3.05) is 19.7 Å². The molecule has 1 aliphatic rings. The summed E-state index contributed by atoms with van der Waals surface area (Å²) >= 11 is 3.43. The third-order valence-electron chi connectivity index (χ3n) is 4.48. The molecule has 1 atom stereocenters. The van der Waals surface area contributed by atoms with E-state index in [-0.39, 0.29) is 17.8 Å². The fourth-order valence-corrected chi connectivity index (χ4v) is 3.53. The molecule has 3 rings (SSSR count).